The number of ether oxygens (including phenoxy) is 1. The predicted octanol–water partition coefficient (Wildman–Crippen LogP) is 2.46. The van der Waals surface area contributed by atoms with Crippen LogP contribution in [0.1, 0.15) is 39.0 Å². The molecule has 0 aromatic heterocycles. The molecule has 8 heteroatoms. The van der Waals surface area contributed by atoms with Gasteiger partial charge in [-0.3, -0.25) is 4.99 Å². The molecule has 2 aliphatic rings. The summed E-state index contributed by atoms with van der Waals surface area (Å²) in [5.74, 6) is 2.05. The number of hydrogen-bond acceptors (Lipinski definition) is 4. The number of guanidine groups is 1. The summed E-state index contributed by atoms with van der Waals surface area (Å²) in [4.78, 5) is 5.10. The van der Waals surface area contributed by atoms with E-state index >= 15 is 0 Å². The number of aliphatic imine (C=N–C) groups is 1. The van der Waals surface area contributed by atoms with E-state index < -0.39 is 10.0 Å². The SMILES string of the molecule is CCNC(=NCC1CCN(S(=O)(=O)c2ccccc2)CC1)NCCCOCC1CC1. The fourth-order valence-corrected chi connectivity index (χ4v) is 5.04. The molecule has 0 bridgehead atoms. The molecular formula is C22H36N4O3S. The summed E-state index contributed by atoms with van der Waals surface area (Å²) in [7, 11) is -3.39. The van der Waals surface area contributed by atoms with Gasteiger partial charge in [-0.25, -0.2) is 8.42 Å². The lowest BCUT2D eigenvalue weighted by Crippen LogP contribution is -2.40. The maximum atomic E-state index is 12.7. The van der Waals surface area contributed by atoms with Crippen LogP contribution in [0.3, 0.4) is 0 Å². The minimum Gasteiger partial charge on any atom is -0.381 e. The third kappa shape index (κ3) is 7.25. The largest absolute Gasteiger partial charge is 0.381 e. The molecule has 1 heterocycles. The van der Waals surface area contributed by atoms with Crippen molar-refractivity contribution in [1.82, 2.24) is 14.9 Å². The van der Waals surface area contributed by atoms with E-state index in [0.717, 1.165) is 57.4 Å². The Hall–Kier alpha value is -1.64. The van der Waals surface area contributed by atoms with Gasteiger partial charge in [0.2, 0.25) is 10.0 Å². The number of benzene rings is 1. The fraction of sp³-hybridized carbons (Fsp3) is 0.682. The Balaban J connectivity index is 1.38. The Bertz CT molecular complexity index is 758. The van der Waals surface area contributed by atoms with Crippen molar-refractivity contribution in [1.29, 1.82) is 0 Å². The summed E-state index contributed by atoms with van der Waals surface area (Å²) in [5.41, 5.74) is 0. The van der Waals surface area contributed by atoms with E-state index in [2.05, 4.69) is 17.6 Å². The van der Waals surface area contributed by atoms with Gasteiger partial charge in [0.1, 0.15) is 0 Å². The normalized spacial score (nSPS) is 19.0. The molecule has 1 aromatic rings. The molecule has 3 rings (SSSR count). The van der Waals surface area contributed by atoms with E-state index in [-0.39, 0.29) is 0 Å². The van der Waals surface area contributed by atoms with Crippen LogP contribution in [0.25, 0.3) is 0 Å². The fourth-order valence-electron chi connectivity index (χ4n) is 3.55. The highest BCUT2D eigenvalue weighted by Gasteiger charge is 2.29. The summed E-state index contributed by atoms with van der Waals surface area (Å²) >= 11 is 0. The van der Waals surface area contributed by atoms with Crippen LogP contribution in [0.15, 0.2) is 40.2 Å². The Morgan fingerprint density at radius 2 is 1.83 bits per heavy atom. The second kappa shape index (κ2) is 11.7. The molecule has 30 heavy (non-hydrogen) atoms. The zero-order valence-electron chi connectivity index (χ0n) is 18.1. The third-order valence-electron chi connectivity index (χ3n) is 5.61. The number of hydrogen-bond donors (Lipinski definition) is 2. The molecule has 0 unspecified atom stereocenters. The number of piperidine rings is 1. The van der Waals surface area contributed by atoms with Crippen molar-refractivity contribution < 1.29 is 13.2 Å². The summed E-state index contributed by atoms with van der Waals surface area (Å²) in [6, 6.07) is 8.69. The lowest BCUT2D eigenvalue weighted by Gasteiger charge is -2.30. The van der Waals surface area contributed by atoms with Gasteiger partial charge < -0.3 is 15.4 Å². The lowest BCUT2D eigenvalue weighted by atomic mass is 9.98. The van der Waals surface area contributed by atoms with Crippen LogP contribution in [0.4, 0.5) is 0 Å². The van der Waals surface area contributed by atoms with Gasteiger partial charge in [0.15, 0.2) is 5.96 Å². The highest BCUT2D eigenvalue weighted by Crippen LogP contribution is 2.28. The van der Waals surface area contributed by atoms with Crippen LogP contribution in [0, 0.1) is 11.8 Å². The van der Waals surface area contributed by atoms with E-state index in [1.807, 2.05) is 6.07 Å². The van der Waals surface area contributed by atoms with Gasteiger partial charge in [-0.2, -0.15) is 4.31 Å². The van der Waals surface area contributed by atoms with Gasteiger partial charge in [0, 0.05) is 45.9 Å². The first-order chi connectivity index (χ1) is 14.6. The zero-order chi connectivity index (χ0) is 21.2. The highest BCUT2D eigenvalue weighted by atomic mass is 32.2. The van der Waals surface area contributed by atoms with Crippen molar-refractivity contribution in [3.8, 4) is 0 Å². The average molecular weight is 437 g/mol. The molecule has 0 atom stereocenters. The van der Waals surface area contributed by atoms with Crippen molar-refractivity contribution in [3.63, 3.8) is 0 Å². The van der Waals surface area contributed by atoms with Gasteiger partial charge in [0.05, 0.1) is 4.90 Å². The number of sulfonamides is 1. The van der Waals surface area contributed by atoms with Gasteiger partial charge in [0.25, 0.3) is 0 Å². The molecular weight excluding hydrogens is 400 g/mol. The molecule has 0 spiro atoms. The van der Waals surface area contributed by atoms with E-state index in [0.29, 0.717) is 30.4 Å². The molecule has 168 valence electrons. The molecule has 0 radical (unpaired) electrons. The lowest BCUT2D eigenvalue weighted by molar-refractivity contribution is 0.123. The number of nitrogens with one attached hydrogen (secondary N) is 2. The maximum Gasteiger partial charge on any atom is 0.243 e. The Labute approximate surface area is 181 Å². The first-order valence-corrected chi connectivity index (χ1v) is 12.7. The molecule has 1 aliphatic heterocycles. The predicted molar refractivity (Wildman–Crippen MR) is 120 cm³/mol. The molecule has 7 nitrogen and oxygen atoms in total. The number of rotatable bonds is 11. The summed E-state index contributed by atoms with van der Waals surface area (Å²) in [6.45, 7) is 7.24. The van der Waals surface area contributed by atoms with Crippen LogP contribution in [0.2, 0.25) is 0 Å². The molecule has 1 aromatic carbocycles. The van der Waals surface area contributed by atoms with E-state index in [1.54, 1.807) is 28.6 Å². The topological polar surface area (TPSA) is 83.0 Å². The highest BCUT2D eigenvalue weighted by molar-refractivity contribution is 7.89. The molecule has 0 amide bonds. The summed E-state index contributed by atoms with van der Waals surface area (Å²) < 4.78 is 32.8. The third-order valence-corrected chi connectivity index (χ3v) is 7.53. The molecule has 2 fully saturated rings. The van der Waals surface area contributed by atoms with E-state index in [4.69, 9.17) is 9.73 Å². The van der Waals surface area contributed by atoms with Gasteiger partial charge in [-0.1, -0.05) is 18.2 Å². The van der Waals surface area contributed by atoms with Crippen molar-refractivity contribution in [3.05, 3.63) is 30.3 Å². The second-order valence-electron chi connectivity index (χ2n) is 8.18. The molecule has 1 saturated carbocycles. The van der Waals surface area contributed by atoms with Gasteiger partial charge in [-0.05, 0) is 63.0 Å². The van der Waals surface area contributed by atoms with Gasteiger partial charge >= 0.3 is 0 Å². The molecule has 1 aliphatic carbocycles. The monoisotopic (exact) mass is 436 g/mol. The Morgan fingerprint density at radius 1 is 1.10 bits per heavy atom. The molecule has 2 N–H and O–H groups in total. The van der Waals surface area contributed by atoms with Crippen LogP contribution in [-0.2, 0) is 14.8 Å². The Kier molecular flexibility index (Phi) is 8.96. The van der Waals surface area contributed by atoms with Crippen molar-refractivity contribution >= 4 is 16.0 Å². The standard InChI is InChI=1S/C22H36N4O3S/c1-2-23-22(24-13-6-16-29-18-20-9-10-20)25-17-19-11-14-26(15-12-19)30(27,28)21-7-4-3-5-8-21/h3-5,7-8,19-20H,2,6,9-18H2,1H3,(H2,23,24,25). The second-order valence-corrected chi connectivity index (χ2v) is 10.1. The Morgan fingerprint density at radius 3 is 2.50 bits per heavy atom. The van der Waals surface area contributed by atoms with Crippen LogP contribution in [-0.4, -0.2) is 64.6 Å². The van der Waals surface area contributed by atoms with Crippen LogP contribution in [0.5, 0.6) is 0 Å². The quantitative estimate of drug-likeness (QED) is 0.316. The first kappa shape index (κ1) is 23.0. The maximum absolute atomic E-state index is 12.7. The minimum atomic E-state index is -3.39. The van der Waals surface area contributed by atoms with E-state index in [1.165, 1.54) is 12.8 Å². The van der Waals surface area contributed by atoms with Crippen molar-refractivity contribution in [2.24, 2.45) is 16.8 Å². The first-order valence-electron chi connectivity index (χ1n) is 11.2. The average Bonchev–Trinajstić information content (AvgIpc) is 3.59. The van der Waals surface area contributed by atoms with E-state index in [9.17, 15) is 8.42 Å². The smallest absolute Gasteiger partial charge is 0.243 e. The van der Waals surface area contributed by atoms with Crippen LogP contribution >= 0.6 is 0 Å². The van der Waals surface area contributed by atoms with Crippen molar-refractivity contribution in [2.45, 2.75) is 43.9 Å². The van der Waals surface area contributed by atoms with Crippen molar-refractivity contribution in [2.75, 3.05) is 45.9 Å². The van der Waals surface area contributed by atoms with Crippen LogP contribution < -0.4 is 10.6 Å². The summed E-state index contributed by atoms with van der Waals surface area (Å²) in [6.07, 6.45) is 5.29. The summed E-state index contributed by atoms with van der Waals surface area (Å²) in [5, 5.41) is 6.66. The number of nitrogens with zero attached hydrogens (tertiary/aromatic N) is 2. The van der Waals surface area contributed by atoms with Gasteiger partial charge in [-0.15, -0.1) is 0 Å². The zero-order valence-corrected chi connectivity index (χ0v) is 18.9. The minimum absolute atomic E-state index is 0.376. The molecule has 1 saturated heterocycles.